The maximum atomic E-state index is 11.3. The number of thiazole rings is 1. The van der Waals surface area contributed by atoms with Crippen LogP contribution in [-0.4, -0.2) is 24.9 Å². The summed E-state index contributed by atoms with van der Waals surface area (Å²) in [5.41, 5.74) is 1.81. The first-order chi connectivity index (χ1) is 9.69. The van der Waals surface area contributed by atoms with Crippen molar-refractivity contribution in [3.8, 4) is 11.3 Å². The molecule has 0 amide bonds. The van der Waals surface area contributed by atoms with Crippen LogP contribution in [0.5, 0.6) is 0 Å². The molecule has 0 radical (unpaired) electrons. The number of rotatable bonds is 5. The van der Waals surface area contributed by atoms with Crippen LogP contribution in [0.3, 0.4) is 0 Å². The number of aromatic nitrogens is 1. The van der Waals surface area contributed by atoms with Gasteiger partial charge in [0.05, 0.1) is 10.6 Å². The van der Waals surface area contributed by atoms with E-state index in [0.29, 0.717) is 4.88 Å². The standard InChI is InChI=1S/C16H18N2OS/c1-11-8-13(11)9-18(2)16-17-15(14(10-19)20-16)12-6-4-3-5-7-12/h3-7,10-11,13H,8-9H2,1-2H3. The third-order valence-electron chi connectivity index (χ3n) is 3.91. The molecule has 2 aromatic rings. The fraction of sp³-hybridized carbons (Fsp3) is 0.375. The Morgan fingerprint density at radius 3 is 2.70 bits per heavy atom. The van der Waals surface area contributed by atoms with Crippen LogP contribution in [-0.2, 0) is 0 Å². The summed E-state index contributed by atoms with van der Waals surface area (Å²) >= 11 is 1.48. The van der Waals surface area contributed by atoms with Crippen molar-refractivity contribution in [1.82, 2.24) is 4.98 Å². The van der Waals surface area contributed by atoms with Crippen LogP contribution in [0.2, 0.25) is 0 Å². The van der Waals surface area contributed by atoms with Gasteiger partial charge in [0.1, 0.15) is 0 Å². The molecule has 1 saturated carbocycles. The minimum atomic E-state index is 0.710. The lowest BCUT2D eigenvalue weighted by molar-refractivity contribution is 0.112. The summed E-state index contributed by atoms with van der Waals surface area (Å²) in [5.74, 6) is 1.61. The van der Waals surface area contributed by atoms with Gasteiger partial charge in [-0.15, -0.1) is 0 Å². The van der Waals surface area contributed by atoms with Crippen molar-refractivity contribution in [1.29, 1.82) is 0 Å². The minimum Gasteiger partial charge on any atom is -0.351 e. The molecule has 0 bridgehead atoms. The maximum absolute atomic E-state index is 11.3. The van der Waals surface area contributed by atoms with E-state index in [-0.39, 0.29) is 0 Å². The quantitative estimate of drug-likeness (QED) is 0.786. The topological polar surface area (TPSA) is 33.2 Å². The molecule has 4 heteroatoms. The first-order valence-corrected chi connectivity index (χ1v) is 7.73. The number of hydrogen-bond donors (Lipinski definition) is 0. The van der Waals surface area contributed by atoms with Gasteiger partial charge in [0.15, 0.2) is 11.4 Å². The van der Waals surface area contributed by atoms with Gasteiger partial charge in [-0.2, -0.15) is 0 Å². The van der Waals surface area contributed by atoms with Crippen molar-refractivity contribution in [3.63, 3.8) is 0 Å². The second kappa shape index (κ2) is 5.37. The SMILES string of the molecule is CC1CC1CN(C)c1nc(-c2ccccc2)c(C=O)s1. The second-order valence-electron chi connectivity index (χ2n) is 5.55. The summed E-state index contributed by atoms with van der Waals surface area (Å²) in [6, 6.07) is 9.90. The molecule has 1 heterocycles. The number of anilines is 1. The molecule has 1 aliphatic rings. The maximum Gasteiger partial charge on any atom is 0.186 e. The van der Waals surface area contributed by atoms with Crippen molar-refractivity contribution < 1.29 is 4.79 Å². The second-order valence-corrected chi connectivity index (χ2v) is 6.56. The number of benzene rings is 1. The monoisotopic (exact) mass is 286 g/mol. The van der Waals surface area contributed by atoms with Crippen molar-refractivity contribution in [2.45, 2.75) is 13.3 Å². The molecule has 0 spiro atoms. The first kappa shape index (κ1) is 13.3. The molecule has 104 valence electrons. The van der Waals surface area contributed by atoms with Gasteiger partial charge in [-0.25, -0.2) is 4.98 Å². The molecular weight excluding hydrogens is 268 g/mol. The average molecular weight is 286 g/mol. The van der Waals surface area contributed by atoms with Crippen LogP contribution >= 0.6 is 11.3 Å². The number of nitrogens with zero attached hydrogens (tertiary/aromatic N) is 2. The average Bonchev–Trinajstić information content (AvgIpc) is 3.01. The zero-order valence-corrected chi connectivity index (χ0v) is 12.6. The van der Waals surface area contributed by atoms with Gasteiger partial charge < -0.3 is 4.90 Å². The van der Waals surface area contributed by atoms with E-state index in [1.807, 2.05) is 30.3 Å². The van der Waals surface area contributed by atoms with Gasteiger partial charge in [-0.1, -0.05) is 48.6 Å². The van der Waals surface area contributed by atoms with Gasteiger partial charge in [-0.05, 0) is 18.3 Å². The summed E-state index contributed by atoms with van der Waals surface area (Å²) < 4.78 is 0. The number of hydrogen-bond acceptors (Lipinski definition) is 4. The van der Waals surface area contributed by atoms with E-state index in [1.54, 1.807) is 0 Å². The predicted octanol–water partition coefficient (Wildman–Crippen LogP) is 3.71. The van der Waals surface area contributed by atoms with E-state index in [1.165, 1.54) is 17.8 Å². The van der Waals surface area contributed by atoms with Crippen LogP contribution in [0.15, 0.2) is 30.3 Å². The highest BCUT2D eigenvalue weighted by Crippen LogP contribution is 2.40. The van der Waals surface area contributed by atoms with Gasteiger partial charge in [-0.3, -0.25) is 4.79 Å². The van der Waals surface area contributed by atoms with Crippen LogP contribution in [0, 0.1) is 11.8 Å². The zero-order valence-electron chi connectivity index (χ0n) is 11.7. The molecule has 1 aromatic heterocycles. The third kappa shape index (κ3) is 2.61. The molecule has 2 atom stereocenters. The molecule has 3 rings (SSSR count). The van der Waals surface area contributed by atoms with E-state index >= 15 is 0 Å². The summed E-state index contributed by atoms with van der Waals surface area (Å²) in [7, 11) is 2.06. The van der Waals surface area contributed by atoms with E-state index < -0.39 is 0 Å². The van der Waals surface area contributed by atoms with Crippen LogP contribution in [0.1, 0.15) is 23.0 Å². The zero-order chi connectivity index (χ0) is 14.1. The third-order valence-corrected chi connectivity index (χ3v) is 5.00. The van der Waals surface area contributed by atoms with E-state index in [0.717, 1.165) is 41.1 Å². The number of carbonyl (C=O) groups is 1. The highest BCUT2D eigenvalue weighted by Gasteiger charge is 2.33. The lowest BCUT2D eigenvalue weighted by Crippen LogP contribution is -2.20. The Balaban J connectivity index is 1.86. The molecule has 0 N–H and O–H groups in total. The largest absolute Gasteiger partial charge is 0.351 e. The van der Waals surface area contributed by atoms with E-state index in [2.05, 4.69) is 23.9 Å². The Bertz CT molecular complexity index is 608. The molecule has 1 aromatic carbocycles. The van der Waals surface area contributed by atoms with Crippen molar-refractivity contribution >= 4 is 22.8 Å². The van der Waals surface area contributed by atoms with Gasteiger partial charge in [0, 0.05) is 19.2 Å². The van der Waals surface area contributed by atoms with Crippen molar-refractivity contribution in [2.75, 3.05) is 18.5 Å². The molecule has 3 nitrogen and oxygen atoms in total. The summed E-state index contributed by atoms with van der Waals surface area (Å²) in [5, 5.41) is 0.935. The Morgan fingerprint density at radius 1 is 1.40 bits per heavy atom. The van der Waals surface area contributed by atoms with Crippen molar-refractivity contribution in [2.24, 2.45) is 11.8 Å². The Morgan fingerprint density at radius 2 is 2.10 bits per heavy atom. The van der Waals surface area contributed by atoms with Crippen LogP contribution in [0.25, 0.3) is 11.3 Å². The normalized spacial score (nSPS) is 20.7. The summed E-state index contributed by atoms with van der Waals surface area (Å²) in [6.45, 7) is 3.31. The van der Waals surface area contributed by atoms with Crippen LogP contribution in [0.4, 0.5) is 5.13 Å². The highest BCUT2D eigenvalue weighted by molar-refractivity contribution is 7.17. The molecule has 20 heavy (non-hydrogen) atoms. The fourth-order valence-electron chi connectivity index (χ4n) is 2.45. The van der Waals surface area contributed by atoms with Gasteiger partial charge in [0.2, 0.25) is 0 Å². The predicted molar refractivity (Wildman–Crippen MR) is 83.5 cm³/mol. The molecule has 1 fully saturated rings. The minimum absolute atomic E-state index is 0.710. The summed E-state index contributed by atoms with van der Waals surface area (Å²) in [6.07, 6.45) is 2.22. The molecular formula is C16H18N2OS. The lowest BCUT2D eigenvalue weighted by Gasteiger charge is -2.14. The Labute approximate surface area is 123 Å². The fourth-order valence-corrected chi connectivity index (χ4v) is 3.32. The smallest absolute Gasteiger partial charge is 0.186 e. The number of carbonyl (C=O) groups excluding carboxylic acids is 1. The molecule has 0 aliphatic heterocycles. The Hall–Kier alpha value is -1.68. The molecule has 0 saturated heterocycles. The molecule has 2 unspecified atom stereocenters. The highest BCUT2D eigenvalue weighted by atomic mass is 32.1. The van der Waals surface area contributed by atoms with E-state index in [4.69, 9.17) is 0 Å². The van der Waals surface area contributed by atoms with Gasteiger partial charge in [0.25, 0.3) is 0 Å². The number of aldehydes is 1. The van der Waals surface area contributed by atoms with Crippen molar-refractivity contribution in [3.05, 3.63) is 35.2 Å². The molecule has 1 aliphatic carbocycles. The van der Waals surface area contributed by atoms with E-state index in [9.17, 15) is 4.79 Å². The lowest BCUT2D eigenvalue weighted by atomic mass is 10.1. The Kier molecular flexibility index (Phi) is 3.57. The van der Waals surface area contributed by atoms with Gasteiger partial charge >= 0.3 is 0 Å². The van der Waals surface area contributed by atoms with Crippen LogP contribution < -0.4 is 4.90 Å². The summed E-state index contributed by atoms with van der Waals surface area (Å²) in [4.78, 5) is 18.8. The first-order valence-electron chi connectivity index (χ1n) is 6.91.